The van der Waals surface area contributed by atoms with Gasteiger partial charge in [0.2, 0.25) is 0 Å². The van der Waals surface area contributed by atoms with E-state index in [1.165, 1.54) is 4.90 Å². The van der Waals surface area contributed by atoms with Crippen LogP contribution in [0, 0.1) is 0 Å². The van der Waals surface area contributed by atoms with Crippen LogP contribution >= 0.6 is 12.6 Å². The first kappa shape index (κ1) is 15.7. The fourth-order valence-electron chi connectivity index (χ4n) is 2.54. The Bertz CT molecular complexity index is 738. The van der Waals surface area contributed by atoms with Gasteiger partial charge in [-0.2, -0.15) is 5.12 Å². The van der Waals surface area contributed by atoms with Crippen molar-refractivity contribution < 1.29 is 14.0 Å². The van der Waals surface area contributed by atoms with Crippen LogP contribution in [0.4, 0.5) is 15.9 Å². The molecule has 0 radical (unpaired) electrons. The molecule has 1 aliphatic rings. The minimum atomic E-state index is -1.06. The maximum Gasteiger partial charge on any atom is 0.263 e. The first-order chi connectivity index (χ1) is 11.0. The summed E-state index contributed by atoms with van der Waals surface area (Å²) in [4.78, 5) is 14.1. The molecule has 6 heteroatoms. The molecule has 1 unspecified atom stereocenters. The summed E-state index contributed by atoms with van der Waals surface area (Å²) in [7, 11) is 0. The van der Waals surface area contributed by atoms with E-state index < -0.39 is 5.50 Å². The van der Waals surface area contributed by atoms with Gasteiger partial charge in [0.05, 0.1) is 23.0 Å². The van der Waals surface area contributed by atoms with Gasteiger partial charge >= 0.3 is 0 Å². The Morgan fingerprint density at radius 2 is 1.70 bits per heavy atom. The molecular formula is C17H17FN2O2S. The van der Waals surface area contributed by atoms with Crippen LogP contribution in [-0.4, -0.2) is 17.5 Å². The van der Waals surface area contributed by atoms with Crippen LogP contribution in [0.15, 0.2) is 48.5 Å². The van der Waals surface area contributed by atoms with Gasteiger partial charge in [0.1, 0.15) is 5.75 Å². The van der Waals surface area contributed by atoms with Crippen molar-refractivity contribution in [3.8, 4) is 5.75 Å². The van der Waals surface area contributed by atoms with E-state index in [-0.39, 0.29) is 17.7 Å². The Kier molecular flexibility index (Phi) is 4.17. The van der Waals surface area contributed by atoms with Gasteiger partial charge in [0.15, 0.2) is 5.50 Å². The van der Waals surface area contributed by atoms with Crippen molar-refractivity contribution in [3.63, 3.8) is 0 Å². The molecule has 1 atom stereocenters. The molecule has 120 valence electrons. The number of hydrogen-bond acceptors (Lipinski definition) is 4. The van der Waals surface area contributed by atoms with Crippen molar-refractivity contribution in [1.29, 1.82) is 0 Å². The van der Waals surface area contributed by atoms with Crippen molar-refractivity contribution in [2.45, 2.75) is 25.4 Å². The molecular weight excluding hydrogens is 315 g/mol. The summed E-state index contributed by atoms with van der Waals surface area (Å²) in [6.45, 7) is 3.79. The highest BCUT2D eigenvalue weighted by molar-refractivity contribution is 7.81. The molecule has 0 saturated carbocycles. The zero-order valence-corrected chi connectivity index (χ0v) is 13.7. The SMILES string of the molecule is CC(C)Oc1ccccc1N1C(=O)c2ccccc2N(F)C1S. The Morgan fingerprint density at radius 1 is 1.09 bits per heavy atom. The number of para-hydroxylation sites is 3. The molecule has 2 aromatic rings. The molecule has 0 aliphatic carbocycles. The summed E-state index contributed by atoms with van der Waals surface area (Å²) >= 11 is 4.28. The third-order valence-electron chi connectivity index (χ3n) is 3.50. The van der Waals surface area contributed by atoms with Gasteiger partial charge in [0, 0.05) is 0 Å². The standard InChI is InChI=1S/C17H17FN2O2S/c1-11(2)22-15-10-6-5-9-14(15)19-16(21)12-7-3-4-8-13(12)20(18)17(19)23/h3-11,17,23H,1-2H3. The second-order valence-corrected chi connectivity index (χ2v) is 5.95. The molecule has 4 nitrogen and oxygen atoms in total. The highest BCUT2D eigenvalue weighted by Gasteiger charge is 2.38. The van der Waals surface area contributed by atoms with Crippen molar-refractivity contribution in [2.24, 2.45) is 0 Å². The van der Waals surface area contributed by atoms with Gasteiger partial charge in [0.25, 0.3) is 5.91 Å². The lowest BCUT2D eigenvalue weighted by atomic mass is 10.1. The quantitative estimate of drug-likeness (QED) is 0.680. The maximum absolute atomic E-state index is 14.6. The number of halogens is 1. The monoisotopic (exact) mass is 332 g/mol. The summed E-state index contributed by atoms with van der Waals surface area (Å²) < 4.78 is 20.3. The summed E-state index contributed by atoms with van der Waals surface area (Å²) in [5, 5.41) is 0.478. The van der Waals surface area contributed by atoms with Crippen LogP contribution in [-0.2, 0) is 0 Å². The Balaban J connectivity index is 2.09. The van der Waals surface area contributed by atoms with Gasteiger partial charge < -0.3 is 4.74 Å². The molecule has 1 heterocycles. The van der Waals surface area contributed by atoms with E-state index in [9.17, 15) is 9.28 Å². The summed E-state index contributed by atoms with van der Waals surface area (Å²) in [5.41, 5.74) is -0.0617. The number of anilines is 2. The lowest BCUT2D eigenvalue weighted by Gasteiger charge is -2.38. The van der Waals surface area contributed by atoms with Crippen LogP contribution < -0.4 is 14.8 Å². The van der Waals surface area contributed by atoms with E-state index in [4.69, 9.17) is 4.74 Å². The van der Waals surface area contributed by atoms with Crippen LogP contribution in [0.3, 0.4) is 0 Å². The first-order valence-corrected chi connectivity index (χ1v) is 7.83. The Hall–Kier alpha value is -2.21. The maximum atomic E-state index is 14.6. The number of hydrogen-bond donors (Lipinski definition) is 1. The van der Waals surface area contributed by atoms with E-state index in [0.29, 0.717) is 22.1 Å². The smallest absolute Gasteiger partial charge is 0.263 e. The lowest BCUT2D eigenvalue weighted by Crippen LogP contribution is -2.49. The van der Waals surface area contributed by atoms with E-state index in [2.05, 4.69) is 12.6 Å². The average Bonchev–Trinajstić information content (AvgIpc) is 2.54. The Morgan fingerprint density at radius 3 is 2.39 bits per heavy atom. The molecule has 0 fully saturated rings. The summed E-state index contributed by atoms with van der Waals surface area (Å²) in [6, 6.07) is 13.6. The number of benzene rings is 2. The first-order valence-electron chi connectivity index (χ1n) is 7.32. The molecule has 2 aromatic carbocycles. The highest BCUT2D eigenvalue weighted by atomic mass is 32.1. The molecule has 3 rings (SSSR count). The van der Waals surface area contributed by atoms with Crippen molar-refractivity contribution in [1.82, 2.24) is 0 Å². The van der Waals surface area contributed by atoms with E-state index in [1.807, 2.05) is 19.9 Å². The largest absolute Gasteiger partial charge is 0.489 e. The summed E-state index contributed by atoms with van der Waals surface area (Å²) in [5.74, 6) is 0.206. The number of rotatable bonds is 3. The number of fused-ring (bicyclic) bond motifs is 1. The zero-order valence-electron chi connectivity index (χ0n) is 12.8. The average molecular weight is 332 g/mol. The summed E-state index contributed by atoms with van der Waals surface area (Å²) in [6.07, 6.45) is -0.0665. The number of carbonyl (C=O) groups excluding carboxylic acids is 1. The van der Waals surface area contributed by atoms with E-state index >= 15 is 0 Å². The number of thiol groups is 1. The van der Waals surface area contributed by atoms with Gasteiger partial charge in [-0.25, -0.2) is 0 Å². The zero-order chi connectivity index (χ0) is 16.6. The second-order valence-electron chi connectivity index (χ2n) is 5.48. The number of nitrogens with zero attached hydrogens (tertiary/aromatic N) is 2. The number of ether oxygens (including phenoxy) is 1. The van der Waals surface area contributed by atoms with Crippen LogP contribution in [0.5, 0.6) is 5.75 Å². The van der Waals surface area contributed by atoms with Crippen LogP contribution in [0.25, 0.3) is 0 Å². The molecule has 0 saturated heterocycles. The third kappa shape index (κ3) is 2.74. The third-order valence-corrected chi connectivity index (χ3v) is 3.94. The normalized spacial score (nSPS) is 17.4. The second kappa shape index (κ2) is 6.12. The van der Waals surface area contributed by atoms with Crippen molar-refractivity contribution >= 4 is 29.9 Å². The molecule has 0 aromatic heterocycles. The van der Waals surface area contributed by atoms with Crippen LogP contribution in [0.1, 0.15) is 24.2 Å². The minimum absolute atomic E-state index is 0.0665. The van der Waals surface area contributed by atoms with Crippen molar-refractivity contribution in [2.75, 3.05) is 10.0 Å². The fourth-order valence-corrected chi connectivity index (χ4v) is 2.90. The topological polar surface area (TPSA) is 32.8 Å². The molecule has 0 bridgehead atoms. The molecule has 23 heavy (non-hydrogen) atoms. The van der Waals surface area contributed by atoms with Gasteiger partial charge in [-0.05, 0) is 38.1 Å². The van der Waals surface area contributed by atoms with Gasteiger partial charge in [-0.1, -0.05) is 28.7 Å². The molecule has 1 aliphatic heterocycles. The predicted molar refractivity (Wildman–Crippen MR) is 91.8 cm³/mol. The van der Waals surface area contributed by atoms with E-state index in [0.717, 1.165) is 0 Å². The predicted octanol–water partition coefficient (Wildman–Crippen LogP) is 4.04. The lowest BCUT2D eigenvalue weighted by molar-refractivity contribution is 0.0969. The minimum Gasteiger partial charge on any atom is -0.489 e. The van der Waals surface area contributed by atoms with Crippen molar-refractivity contribution in [3.05, 3.63) is 54.1 Å². The molecule has 1 amide bonds. The molecule has 0 spiro atoms. The number of carbonyl (C=O) groups is 1. The van der Waals surface area contributed by atoms with E-state index in [1.54, 1.807) is 42.5 Å². The molecule has 0 N–H and O–H groups in total. The van der Waals surface area contributed by atoms with Gasteiger partial charge in [-0.3, -0.25) is 9.69 Å². The van der Waals surface area contributed by atoms with Crippen LogP contribution in [0.2, 0.25) is 0 Å². The Labute approximate surface area is 139 Å². The number of amides is 1. The fraction of sp³-hybridized carbons (Fsp3) is 0.235. The highest BCUT2D eigenvalue weighted by Crippen LogP contribution is 2.39. The van der Waals surface area contributed by atoms with Gasteiger partial charge in [-0.15, -0.1) is 12.6 Å².